The summed E-state index contributed by atoms with van der Waals surface area (Å²) >= 11 is 5.86. The molecule has 0 radical (unpaired) electrons. The van der Waals surface area contributed by atoms with Gasteiger partial charge < -0.3 is 10.1 Å². The summed E-state index contributed by atoms with van der Waals surface area (Å²) in [5, 5.41) is 8.39. The minimum atomic E-state index is 0.154. The molecular formula is C29H42ClN3O2. The van der Waals surface area contributed by atoms with Crippen molar-refractivity contribution in [3.8, 4) is 16.9 Å². The fourth-order valence-electron chi connectivity index (χ4n) is 3.64. The fourth-order valence-corrected chi connectivity index (χ4v) is 3.80. The zero-order valence-corrected chi connectivity index (χ0v) is 23.4. The third-order valence-electron chi connectivity index (χ3n) is 5.69. The number of nitrogens with zero attached hydrogens (tertiary/aromatic N) is 2. The maximum atomic E-state index is 11.5. The number of aromatic nitrogens is 2. The van der Waals surface area contributed by atoms with Crippen molar-refractivity contribution in [1.29, 1.82) is 0 Å². The molecule has 1 aromatic heterocycles. The SMILES string of the molecule is CC.CCc1cccc(-c2cnn(C3CNC3)c2)c1OC.C\C=C(Cl)/C=C(C)\C(=C/C)C(=O)CC. The normalized spacial score (nSPS) is 14.3. The second-order valence-electron chi connectivity index (χ2n) is 7.85. The number of halogens is 1. The van der Waals surface area contributed by atoms with Gasteiger partial charge in [-0.2, -0.15) is 5.10 Å². The Hall–Kier alpha value is -2.63. The van der Waals surface area contributed by atoms with E-state index in [0.29, 0.717) is 17.5 Å². The Morgan fingerprint density at radius 1 is 1.23 bits per heavy atom. The number of aryl methyl sites for hydroxylation is 1. The molecule has 0 saturated carbocycles. The van der Waals surface area contributed by atoms with Gasteiger partial charge in [-0.1, -0.05) is 69.6 Å². The lowest BCUT2D eigenvalue weighted by atomic mass is 10.0. The first-order chi connectivity index (χ1) is 16.9. The number of para-hydroxylation sites is 1. The van der Waals surface area contributed by atoms with E-state index in [1.807, 2.05) is 64.6 Å². The van der Waals surface area contributed by atoms with Crippen LogP contribution in [0.5, 0.6) is 5.75 Å². The predicted octanol–water partition coefficient (Wildman–Crippen LogP) is 7.29. The third kappa shape index (κ3) is 8.52. The number of rotatable bonds is 8. The van der Waals surface area contributed by atoms with Crippen molar-refractivity contribution in [2.45, 2.75) is 67.3 Å². The lowest BCUT2D eigenvalue weighted by Crippen LogP contribution is -2.43. The van der Waals surface area contributed by atoms with Crippen LogP contribution in [0.1, 0.15) is 66.5 Å². The molecule has 1 aromatic carbocycles. The molecule has 0 unspecified atom stereocenters. The van der Waals surface area contributed by atoms with Crippen molar-refractivity contribution in [1.82, 2.24) is 15.1 Å². The molecule has 0 atom stereocenters. The summed E-state index contributed by atoms with van der Waals surface area (Å²) in [4.78, 5) is 11.5. The maximum absolute atomic E-state index is 11.5. The molecule has 2 aromatic rings. The number of hydrogen-bond acceptors (Lipinski definition) is 4. The van der Waals surface area contributed by atoms with Gasteiger partial charge in [0.2, 0.25) is 0 Å². The van der Waals surface area contributed by atoms with E-state index in [0.717, 1.165) is 47.5 Å². The Balaban J connectivity index is 0.000000343. The summed E-state index contributed by atoms with van der Waals surface area (Å²) in [6.45, 7) is 15.6. The molecule has 1 aliphatic rings. The highest BCUT2D eigenvalue weighted by molar-refractivity contribution is 6.31. The topological polar surface area (TPSA) is 56.1 Å². The monoisotopic (exact) mass is 499 g/mol. The zero-order valence-electron chi connectivity index (χ0n) is 22.6. The zero-order chi connectivity index (χ0) is 26.4. The highest BCUT2D eigenvalue weighted by atomic mass is 35.5. The van der Waals surface area contributed by atoms with Crippen LogP contribution in [0.4, 0.5) is 0 Å². The number of ketones is 1. The highest BCUT2D eigenvalue weighted by Crippen LogP contribution is 2.33. The molecule has 0 bridgehead atoms. The van der Waals surface area contributed by atoms with Crippen molar-refractivity contribution in [2.24, 2.45) is 0 Å². The molecule has 35 heavy (non-hydrogen) atoms. The Kier molecular flexibility index (Phi) is 14.0. The summed E-state index contributed by atoms with van der Waals surface area (Å²) in [6.07, 6.45) is 11.0. The van der Waals surface area contributed by atoms with Gasteiger partial charge >= 0.3 is 0 Å². The maximum Gasteiger partial charge on any atom is 0.162 e. The number of allylic oxidation sites excluding steroid dienone is 6. The smallest absolute Gasteiger partial charge is 0.162 e. The molecule has 0 spiro atoms. The minimum absolute atomic E-state index is 0.154. The summed E-state index contributed by atoms with van der Waals surface area (Å²) in [7, 11) is 1.73. The second-order valence-corrected chi connectivity index (χ2v) is 8.29. The molecule has 1 N–H and O–H groups in total. The Morgan fingerprint density at radius 2 is 1.91 bits per heavy atom. The van der Waals surface area contributed by atoms with Crippen LogP contribution in [0.15, 0.2) is 65.0 Å². The number of carbonyl (C=O) groups excluding carboxylic acids is 1. The Labute approximate surface area is 216 Å². The van der Waals surface area contributed by atoms with Gasteiger partial charge in [0, 0.05) is 47.4 Å². The number of nitrogens with one attached hydrogen (secondary N) is 1. The van der Waals surface area contributed by atoms with Crippen LogP contribution < -0.4 is 10.1 Å². The van der Waals surface area contributed by atoms with E-state index in [9.17, 15) is 4.79 Å². The van der Waals surface area contributed by atoms with E-state index >= 15 is 0 Å². The van der Waals surface area contributed by atoms with Gasteiger partial charge in [0.1, 0.15) is 5.75 Å². The van der Waals surface area contributed by atoms with Gasteiger partial charge in [-0.25, -0.2) is 0 Å². The number of carbonyl (C=O) groups is 1. The molecule has 1 fully saturated rings. The summed E-state index contributed by atoms with van der Waals surface area (Å²) in [5.41, 5.74) is 5.16. The summed E-state index contributed by atoms with van der Waals surface area (Å²) in [6, 6.07) is 6.79. The van der Waals surface area contributed by atoms with E-state index < -0.39 is 0 Å². The van der Waals surface area contributed by atoms with Crippen LogP contribution in [0.25, 0.3) is 11.1 Å². The lowest BCUT2D eigenvalue weighted by molar-refractivity contribution is -0.115. The summed E-state index contributed by atoms with van der Waals surface area (Å²) < 4.78 is 7.63. The van der Waals surface area contributed by atoms with E-state index in [1.54, 1.807) is 13.2 Å². The van der Waals surface area contributed by atoms with E-state index in [2.05, 4.69) is 41.7 Å². The van der Waals surface area contributed by atoms with Gasteiger partial charge in [0.15, 0.2) is 5.78 Å². The molecule has 2 heterocycles. The third-order valence-corrected chi connectivity index (χ3v) is 6.02. The van der Waals surface area contributed by atoms with Crippen LogP contribution in [0.2, 0.25) is 0 Å². The predicted molar refractivity (Wildman–Crippen MR) is 149 cm³/mol. The lowest BCUT2D eigenvalue weighted by Gasteiger charge is -2.27. The molecule has 5 nitrogen and oxygen atoms in total. The number of ether oxygens (including phenoxy) is 1. The fraction of sp³-hybridized carbons (Fsp3) is 0.448. The first-order valence-electron chi connectivity index (χ1n) is 12.5. The van der Waals surface area contributed by atoms with Crippen molar-refractivity contribution in [3.63, 3.8) is 0 Å². The molecule has 1 saturated heterocycles. The second kappa shape index (κ2) is 16.1. The highest BCUT2D eigenvalue weighted by Gasteiger charge is 2.20. The molecule has 0 aliphatic carbocycles. The van der Waals surface area contributed by atoms with Crippen molar-refractivity contribution < 1.29 is 9.53 Å². The number of hydrogen-bond donors (Lipinski definition) is 1. The number of benzene rings is 1. The van der Waals surface area contributed by atoms with Crippen LogP contribution in [-0.2, 0) is 11.2 Å². The first kappa shape index (κ1) is 30.4. The van der Waals surface area contributed by atoms with Gasteiger partial charge in [-0.15, -0.1) is 0 Å². The van der Waals surface area contributed by atoms with Crippen molar-refractivity contribution in [2.75, 3.05) is 20.2 Å². The average molecular weight is 500 g/mol. The molecular weight excluding hydrogens is 458 g/mol. The van der Waals surface area contributed by atoms with E-state index in [1.165, 1.54) is 5.56 Å². The van der Waals surface area contributed by atoms with Crippen LogP contribution in [0.3, 0.4) is 0 Å². The minimum Gasteiger partial charge on any atom is -0.496 e. The number of Topliss-reactive ketones (excluding diaryl/α,β-unsaturated/α-hetero) is 1. The molecule has 0 amide bonds. The Bertz CT molecular complexity index is 1030. The quantitative estimate of drug-likeness (QED) is 0.306. The largest absolute Gasteiger partial charge is 0.496 e. The molecule has 1 aliphatic heterocycles. The van der Waals surface area contributed by atoms with E-state index in [4.69, 9.17) is 16.3 Å². The summed E-state index contributed by atoms with van der Waals surface area (Å²) in [5.74, 6) is 1.12. The van der Waals surface area contributed by atoms with Crippen molar-refractivity contribution >= 4 is 17.4 Å². The molecule has 192 valence electrons. The van der Waals surface area contributed by atoms with Crippen LogP contribution in [0, 0.1) is 0 Å². The Morgan fingerprint density at radius 3 is 2.40 bits per heavy atom. The molecule has 6 heteroatoms. The first-order valence-corrected chi connectivity index (χ1v) is 12.9. The average Bonchev–Trinajstić information content (AvgIpc) is 3.33. The van der Waals surface area contributed by atoms with Gasteiger partial charge in [0.05, 0.1) is 19.3 Å². The van der Waals surface area contributed by atoms with Gasteiger partial charge in [0.25, 0.3) is 0 Å². The molecule has 3 rings (SSSR count). The van der Waals surface area contributed by atoms with Crippen LogP contribution in [-0.4, -0.2) is 35.8 Å². The standard InChI is InChI=1S/C15H19N3O.C12H17ClO.C2H6/c1-3-11-5-4-6-14(15(11)19-2)12-7-17-18(10-12)13-8-16-9-13;1-5-10(13)8-9(4)11(6-2)12(14)7-3;1-2/h4-7,10,13,16H,3,8-9H2,1-2H3;5-6,8H,7H2,1-4H3;1-2H3/b;9-8-,10-5+,11-6+;. The number of methoxy groups -OCH3 is 1. The van der Waals surface area contributed by atoms with Crippen molar-refractivity contribution in [3.05, 3.63) is 70.6 Å². The van der Waals surface area contributed by atoms with Gasteiger partial charge in [-0.3, -0.25) is 9.48 Å². The van der Waals surface area contributed by atoms with E-state index in [-0.39, 0.29) is 5.78 Å². The van der Waals surface area contributed by atoms with Gasteiger partial charge in [-0.05, 0) is 44.4 Å². The van der Waals surface area contributed by atoms with Crippen LogP contribution >= 0.6 is 11.6 Å².